The highest BCUT2D eigenvalue weighted by molar-refractivity contribution is 5.92. The van der Waals surface area contributed by atoms with Crippen molar-refractivity contribution in [2.24, 2.45) is 5.92 Å². The van der Waals surface area contributed by atoms with Gasteiger partial charge in [-0.05, 0) is 18.8 Å². The largest absolute Gasteiger partial charge is 0.374 e. The molecule has 2 rings (SSSR count). The average molecular weight is 165 g/mol. The molecular weight excluding hydrogens is 150 g/mol. The maximum Gasteiger partial charge on any atom is 0.157 e. The average Bonchev–Trinajstić information content (AvgIpc) is 2.58. The van der Waals surface area contributed by atoms with Gasteiger partial charge in [-0.1, -0.05) is 6.92 Å². The molecule has 66 valence electrons. The zero-order valence-corrected chi connectivity index (χ0v) is 7.55. The van der Waals surface area contributed by atoms with Crippen LogP contribution >= 0.6 is 0 Å². The summed E-state index contributed by atoms with van der Waals surface area (Å²) in [5.74, 6) is 1.12. The van der Waals surface area contributed by atoms with Gasteiger partial charge in [0.25, 0.3) is 0 Å². The van der Waals surface area contributed by atoms with E-state index in [1.165, 1.54) is 12.1 Å². The van der Waals surface area contributed by atoms with E-state index in [4.69, 9.17) is 0 Å². The SMILES string of the molecule is CC1CCN(C2=CC(=O)CC2)C1. The Kier molecular flexibility index (Phi) is 1.91. The van der Waals surface area contributed by atoms with E-state index in [1.807, 2.05) is 6.08 Å². The van der Waals surface area contributed by atoms with E-state index in [0.717, 1.165) is 31.8 Å². The van der Waals surface area contributed by atoms with Crippen LogP contribution in [0.25, 0.3) is 0 Å². The van der Waals surface area contributed by atoms with Gasteiger partial charge >= 0.3 is 0 Å². The number of rotatable bonds is 1. The second kappa shape index (κ2) is 2.92. The van der Waals surface area contributed by atoms with Gasteiger partial charge in [0.05, 0.1) is 0 Å². The molecule has 2 aliphatic rings. The van der Waals surface area contributed by atoms with E-state index in [1.54, 1.807) is 0 Å². The van der Waals surface area contributed by atoms with Crippen LogP contribution in [0.1, 0.15) is 26.2 Å². The third-order valence-electron chi connectivity index (χ3n) is 2.79. The van der Waals surface area contributed by atoms with Crippen molar-refractivity contribution in [3.63, 3.8) is 0 Å². The highest BCUT2D eigenvalue weighted by Crippen LogP contribution is 2.25. The number of carbonyl (C=O) groups excluding carboxylic acids is 1. The van der Waals surface area contributed by atoms with Crippen molar-refractivity contribution in [1.82, 2.24) is 4.90 Å². The first-order chi connectivity index (χ1) is 5.75. The maximum absolute atomic E-state index is 11.0. The lowest BCUT2D eigenvalue weighted by atomic mass is 10.2. The number of likely N-dealkylation sites (tertiary alicyclic amines) is 1. The van der Waals surface area contributed by atoms with Gasteiger partial charge in [0.1, 0.15) is 0 Å². The fraction of sp³-hybridized carbons (Fsp3) is 0.700. The highest BCUT2D eigenvalue weighted by atomic mass is 16.1. The third-order valence-corrected chi connectivity index (χ3v) is 2.79. The smallest absolute Gasteiger partial charge is 0.157 e. The Morgan fingerprint density at radius 2 is 2.33 bits per heavy atom. The summed E-state index contributed by atoms with van der Waals surface area (Å²) in [5.41, 5.74) is 1.28. The van der Waals surface area contributed by atoms with E-state index in [9.17, 15) is 4.79 Å². The van der Waals surface area contributed by atoms with Crippen LogP contribution < -0.4 is 0 Å². The lowest BCUT2D eigenvalue weighted by Crippen LogP contribution is -2.18. The van der Waals surface area contributed by atoms with Crippen molar-refractivity contribution in [1.29, 1.82) is 0 Å². The molecule has 1 aliphatic carbocycles. The Bertz CT molecular complexity index is 232. The number of carbonyl (C=O) groups is 1. The summed E-state index contributed by atoms with van der Waals surface area (Å²) in [5, 5.41) is 0. The Hall–Kier alpha value is -0.790. The predicted molar refractivity (Wildman–Crippen MR) is 47.7 cm³/mol. The summed E-state index contributed by atoms with van der Waals surface area (Å²) in [4.78, 5) is 13.4. The second-order valence-electron chi connectivity index (χ2n) is 3.94. The molecule has 12 heavy (non-hydrogen) atoms. The number of allylic oxidation sites excluding steroid dienone is 2. The first-order valence-electron chi connectivity index (χ1n) is 4.74. The van der Waals surface area contributed by atoms with Crippen molar-refractivity contribution < 1.29 is 4.79 Å². The highest BCUT2D eigenvalue weighted by Gasteiger charge is 2.23. The zero-order valence-electron chi connectivity index (χ0n) is 7.55. The molecule has 1 aliphatic heterocycles. The molecule has 2 nitrogen and oxygen atoms in total. The topological polar surface area (TPSA) is 20.3 Å². The summed E-state index contributed by atoms with van der Waals surface area (Å²) in [6.07, 6.45) is 4.83. The van der Waals surface area contributed by atoms with Gasteiger partial charge in [0, 0.05) is 31.3 Å². The lowest BCUT2D eigenvalue weighted by Gasteiger charge is -2.18. The minimum absolute atomic E-state index is 0.310. The minimum atomic E-state index is 0.310. The normalized spacial score (nSPS) is 29.8. The number of hydrogen-bond donors (Lipinski definition) is 0. The number of ketones is 1. The molecule has 1 atom stereocenters. The predicted octanol–water partition coefficient (Wildman–Crippen LogP) is 1.57. The lowest BCUT2D eigenvalue weighted by molar-refractivity contribution is -0.114. The Morgan fingerprint density at radius 3 is 2.83 bits per heavy atom. The molecule has 0 saturated carbocycles. The number of hydrogen-bond acceptors (Lipinski definition) is 2. The van der Waals surface area contributed by atoms with Crippen molar-refractivity contribution >= 4 is 5.78 Å². The van der Waals surface area contributed by atoms with E-state index in [0.29, 0.717) is 5.78 Å². The van der Waals surface area contributed by atoms with Crippen LogP contribution in [0, 0.1) is 5.92 Å². The van der Waals surface area contributed by atoms with Gasteiger partial charge < -0.3 is 4.90 Å². The van der Waals surface area contributed by atoms with Crippen LogP contribution in [-0.2, 0) is 4.79 Å². The summed E-state index contributed by atoms with van der Waals surface area (Å²) in [7, 11) is 0. The van der Waals surface area contributed by atoms with Crippen LogP contribution in [0.5, 0.6) is 0 Å². The Balaban J connectivity index is 2.01. The van der Waals surface area contributed by atoms with Crippen LogP contribution in [0.15, 0.2) is 11.8 Å². The number of nitrogens with zero attached hydrogens (tertiary/aromatic N) is 1. The van der Waals surface area contributed by atoms with Crippen molar-refractivity contribution in [3.05, 3.63) is 11.8 Å². The molecule has 1 fully saturated rings. The second-order valence-corrected chi connectivity index (χ2v) is 3.94. The van der Waals surface area contributed by atoms with Crippen molar-refractivity contribution in [2.75, 3.05) is 13.1 Å². The van der Waals surface area contributed by atoms with Gasteiger partial charge in [0.2, 0.25) is 0 Å². The third kappa shape index (κ3) is 1.38. The van der Waals surface area contributed by atoms with Crippen LogP contribution in [0.2, 0.25) is 0 Å². The molecule has 0 aromatic rings. The van der Waals surface area contributed by atoms with Crippen LogP contribution in [0.3, 0.4) is 0 Å². The fourth-order valence-electron chi connectivity index (χ4n) is 2.03. The van der Waals surface area contributed by atoms with E-state index in [2.05, 4.69) is 11.8 Å². The first kappa shape index (κ1) is 7.84. The summed E-state index contributed by atoms with van der Waals surface area (Å²) in [6.45, 7) is 4.58. The fourth-order valence-corrected chi connectivity index (χ4v) is 2.03. The molecule has 2 heteroatoms. The van der Waals surface area contributed by atoms with Crippen LogP contribution in [0.4, 0.5) is 0 Å². The molecule has 0 spiro atoms. The van der Waals surface area contributed by atoms with E-state index in [-0.39, 0.29) is 0 Å². The molecule has 0 aromatic heterocycles. The van der Waals surface area contributed by atoms with Gasteiger partial charge in [-0.3, -0.25) is 4.79 Å². The quantitative estimate of drug-likeness (QED) is 0.588. The zero-order chi connectivity index (χ0) is 8.55. The monoisotopic (exact) mass is 165 g/mol. The molecule has 1 unspecified atom stereocenters. The maximum atomic E-state index is 11.0. The van der Waals surface area contributed by atoms with Gasteiger partial charge in [-0.15, -0.1) is 0 Å². The molecule has 0 bridgehead atoms. The van der Waals surface area contributed by atoms with Crippen LogP contribution in [-0.4, -0.2) is 23.8 Å². The first-order valence-corrected chi connectivity index (χ1v) is 4.74. The van der Waals surface area contributed by atoms with E-state index < -0.39 is 0 Å². The standard InChI is InChI=1S/C10H15NO/c1-8-4-5-11(7-8)9-2-3-10(12)6-9/h6,8H,2-5,7H2,1H3. The molecule has 0 amide bonds. The van der Waals surface area contributed by atoms with Gasteiger partial charge in [-0.25, -0.2) is 0 Å². The molecule has 1 heterocycles. The van der Waals surface area contributed by atoms with Crippen molar-refractivity contribution in [2.45, 2.75) is 26.2 Å². The molecule has 0 aromatic carbocycles. The molecule has 1 saturated heterocycles. The Morgan fingerprint density at radius 1 is 1.50 bits per heavy atom. The molecular formula is C10H15NO. The summed E-state index contributed by atoms with van der Waals surface area (Å²) < 4.78 is 0. The van der Waals surface area contributed by atoms with Gasteiger partial charge in [-0.2, -0.15) is 0 Å². The summed E-state index contributed by atoms with van der Waals surface area (Å²) >= 11 is 0. The molecule has 0 radical (unpaired) electrons. The summed E-state index contributed by atoms with van der Waals surface area (Å²) in [6, 6.07) is 0. The van der Waals surface area contributed by atoms with Gasteiger partial charge in [0.15, 0.2) is 5.78 Å². The molecule has 0 N–H and O–H groups in total. The Labute approximate surface area is 73.2 Å². The minimum Gasteiger partial charge on any atom is -0.374 e. The van der Waals surface area contributed by atoms with Crippen molar-refractivity contribution in [3.8, 4) is 0 Å². The van der Waals surface area contributed by atoms with E-state index >= 15 is 0 Å².